The van der Waals surface area contributed by atoms with E-state index in [2.05, 4.69) is 31.2 Å². The lowest BCUT2D eigenvalue weighted by atomic mass is 10.1. The normalized spacial score (nSPS) is 18.2. The summed E-state index contributed by atoms with van der Waals surface area (Å²) in [5.74, 6) is 0.487. The van der Waals surface area contributed by atoms with Gasteiger partial charge < -0.3 is 5.32 Å². The van der Waals surface area contributed by atoms with E-state index in [0.717, 1.165) is 26.6 Å². The molecule has 1 atom stereocenters. The molecule has 0 spiro atoms. The molecule has 0 unspecified atom stereocenters. The number of thiazole rings is 1. The van der Waals surface area contributed by atoms with Crippen LogP contribution in [0.2, 0.25) is 0 Å². The molecule has 1 aliphatic rings. The first kappa shape index (κ1) is 13.5. The number of hydrogen-bond donors (Lipinski definition) is 1. The van der Waals surface area contributed by atoms with Crippen LogP contribution < -0.4 is 5.32 Å². The Balaban J connectivity index is 2.01. The molecule has 0 aliphatic carbocycles. The molecule has 102 valence electrons. The van der Waals surface area contributed by atoms with Crippen LogP contribution in [0.3, 0.4) is 0 Å². The second-order valence-corrected chi connectivity index (χ2v) is 6.15. The van der Waals surface area contributed by atoms with E-state index in [-0.39, 0.29) is 11.9 Å². The Bertz CT molecular complexity index is 694. The van der Waals surface area contributed by atoms with Crippen LogP contribution >= 0.6 is 27.3 Å². The summed E-state index contributed by atoms with van der Waals surface area (Å²) in [6, 6.07) is 4.51. The van der Waals surface area contributed by atoms with Gasteiger partial charge in [0, 0.05) is 21.7 Å². The summed E-state index contributed by atoms with van der Waals surface area (Å²) >= 11 is 4.93. The lowest BCUT2D eigenvalue weighted by Crippen LogP contribution is -2.27. The zero-order valence-electron chi connectivity index (χ0n) is 10.6. The van der Waals surface area contributed by atoms with E-state index in [4.69, 9.17) is 0 Å². The molecular weight excluding hydrogens is 341 g/mol. The van der Waals surface area contributed by atoms with Crippen LogP contribution in [0.15, 0.2) is 51.0 Å². The second kappa shape index (κ2) is 5.46. The number of nitrogens with zero attached hydrogens (tertiary/aromatic N) is 2. The van der Waals surface area contributed by atoms with Crippen molar-refractivity contribution >= 4 is 33.1 Å². The van der Waals surface area contributed by atoms with Crippen molar-refractivity contribution in [1.82, 2.24) is 10.3 Å². The van der Waals surface area contributed by atoms with Crippen LogP contribution in [0, 0.1) is 5.82 Å². The zero-order valence-corrected chi connectivity index (χ0v) is 13.0. The second-order valence-electron chi connectivity index (χ2n) is 4.40. The van der Waals surface area contributed by atoms with E-state index in [1.165, 1.54) is 23.5 Å². The highest BCUT2D eigenvalue weighted by Gasteiger charge is 2.19. The Labute approximate surface area is 128 Å². The highest BCUT2D eigenvalue weighted by Crippen LogP contribution is 2.30. The largest absolute Gasteiger partial charge is 0.342 e. The molecule has 1 aromatic carbocycles. The molecule has 0 bridgehead atoms. The Kier molecular flexibility index (Phi) is 3.67. The van der Waals surface area contributed by atoms with Crippen LogP contribution in [-0.4, -0.2) is 10.8 Å². The summed E-state index contributed by atoms with van der Waals surface area (Å²) in [6.07, 6.45) is 3.76. The maximum Gasteiger partial charge on any atom is 0.162 e. The first-order chi connectivity index (χ1) is 9.63. The molecule has 20 heavy (non-hydrogen) atoms. The van der Waals surface area contributed by atoms with Crippen molar-refractivity contribution in [2.24, 2.45) is 4.99 Å². The molecule has 1 aromatic heterocycles. The number of aromatic nitrogens is 1. The standard InChI is InChI=1S/C14H11BrFN3S/c1-8-6-12(10-3-2-9(16)7-11(10)15)19-13(18-8)14-17-4-5-20-14/h2-7,12H,1H3,(H,18,19)/t12-/m1/s1. The highest BCUT2D eigenvalue weighted by atomic mass is 79.9. The fourth-order valence-electron chi connectivity index (χ4n) is 2.02. The molecule has 0 radical (unpaired) electrons. The Hall–Kier alpha value is -1.53. The molecule has 0 saturated heterocycles. The minimum absolute atomic E-state index is 0.148. The van der Waals surface area contributed by atoms with Gasteiger partial charge in [0.2, 0.25) is 0 Å². The van der Waals surface area contributed by atoms with Crippen LogP contribution in [-0.2, 0) is 0 Å². The molecule has 6 heteroatoms. The van der Waals surface area contributed by atoms with Crippen molar-refractivity contribution in [3.8, 4) is 0 Å². The molecular formula is C14H11BrFN3S. The number of amidine groups is 1. The SMILES string of the molecule is CC1=C[C@H](c2ccc(F)cc2Br)N=C(c2nccs2)N1. The topological polar surface area (TPSA) is 37.3 Å². The Morgan fingerprint density at radius 3 is 2.95 bits per heavy atom. The van der Waals surface area contributed by atoms with Crippen LogP contribution in [0.5, 0.6) is 0 Å². The van der Waals surface area contributed by atoms with Gasteiger partial charge in [-0.15, -0.1) is 11.3 Å². The third-order valence-electron chi connectivity index (χ3n) is 2.91. The summed E-state index contributed by atoms with van der Waals surface area (Å²) in [6.45, 7) is 1.98. The number of allylic oxidation sites excluding steroid dienone is 1. The van der Waals surface area contributed by atoms with Crippen LogP contribution in [0.4, 0.5) is 4.39 Å². The lowest BCUT2D eigenvalue weighted by molar-refractivity contribution is 0.625. The van der Waals surface area contributed by atoms with Crippen molar-refractivity contribution in [1.29, 1.82) is 0 Å². The number of hydrogen-bond acceptors (Lipinski definition) is 4. The maximum absolute atomic E-state index is 13.2. The summed E-state index contributed by atoms with van der Waals surface area (Å²) in [4.78, 5) is 8.93. The molecule has 0 saturated carbocycles. The number of benzene rings is 1. The van der Waals surface area contributed by atoms with Gasteiger partial charge in [-0.2, -0.15) is 0 Å². The Morgan fingerprint density at radius 2 is 2.25 bits per heavy atom. The fourth-order valence-corrected chi connectivity index (χ4v) is 3.20. The van der Waals surface area contributed by atoms with Gasteiger partial charge in [0.05, 0.1) is 6.04 Å². The molecule has 3 nitrogen and oxygen atoms in total. The smallest absolute Gasteiger partial charge is 0.162 e. The van der Waals surface area contributed by atoms with Gasteiger partial charge in [-0.3, -0.25) is 4.99 Å². The van der Waals surface area contributed by atoms with Crippen LogP contribution in [0.1, 0.15) is 23.5 Å². The molecule has 0 amide bonds. The molecule has 3 rings (SSSR count). The van der Waals surface area contributed by atoms with E-state index in [1.807, 2.05) is 18.4 Å². The van der Waals surface area contributed by atoms with Gasteiger partial charge >= 0.3 is 0 Å². The van der Waals surface area contributed by atoms with Gasteiger partial charge in [0.15, 0.2) is 10.8 Å². The maximum atomic E-state index is 13.2. The van der Waals surface area contributed by atoms with E-state index in [0.29, 0.717) is 0 Å². The van der Waals surface area contributed by atoms with Crippen molar-refractivity contribution in [2.75, 3.05) is 0 Å². The summed E-state index contributed by atoms with van der Waals surface area (Å²) in [5, 5.41) is 5.98. The minimum atomic E-state index is -0.264. The van der Waals surface area contributed by atoms with E-state index in [9.17, 15) is 4.39 Å². The number of halogens is 2. The predicted octanol–water partition coefficient (Wildman–Crippen LogP) is 4.04. The zero-order chi connectivity index (χ0) is 14.1. The summed E-state index contributed by atoms with van der Waals surface area (Å²) < 4.78 is 13.9. The number of nitrogens with one attached hydrogen (secondary N) is 1. The Morgan fingerprint density at radius 1 is 1.40 bits per heavy atom. The van der Waals surface area contributed by atoms with Gasteiger partial charge in [-0.05, 0) is 30.7 Å². The number of aliphatic imine (C=N–C) groups is 1. The molecule has 0 fully saturated rings. The first-order valence-corrected chi connectivity index (χ1v) is 7.69. The van der Waals surface area contributed by atoms with E-state index in [1.54, 1.807) is 12.3 Å². The van der Waals surface area contributed by atoms with Crippen molar-refractivity contribution in [3.63, 3.8) is 0 Å². The average Bonchev–Trinajstić information content (AvgIpc) is 2.91. The molecule has 2 heterocycles. The fraction of sp³-hybridized carbons (Fsp3) is 0.143. The predicted molar refractivity (Wildman–Crippen MR) is 82.4 cm³/mol. The van der Waals surface area contributed by atoms with Crippen molar-refractivity contribution in [2.45, 2.75) is 13.0 Å². The van der Waals surface area contributed by atoms with Crippen molar-refractivity contribution in [3.05, 3.63) is 62.4 Å². The molecule has 1 N–H and O–H groups in total. The summed E-state index contributed by atoms with van der Waals surface area (Å²) in [5.41, 5.74) is 1.94. The molecule has 2 aromatic rings. The van der Waals surface area contributed by atoms with Gasteiger partial charge in [0.25, 0.3) is 0 Å². The first-order valence-electron chi connectivity index (χ1n) is 6.01. The number of rotatable bonds is 2. The quantitative estimate of drug-likeness (QED) is 0.886. The third-order valence-corrected chi connectivity index (χ3v) is 4.37. The van der Waals surface area contributed by atoms with Crippen molar-refractivity contribution < 1.29 is 4.39 Å². The van der Waals surface area contributed by atoms with E-state index < -0.39 is 0 Å². The third kappa shape index (κ3) is 2.66. The van der Waals surface area contributed by atoms with Gasteiger partial charge in [0.1, 0.15) is 5.82 Å². The monoisotopic (exact) mass is 351 g/mol. The lowest BCUT2D eigenvalue weighted by Gasteiger charge is -2.20. The van der Waals surface area contributed by atoms with Crippen LogP contribution in [0.25, 0.3) is 0 Å². The van der Waals surface area contributed by atoms with E-state index >= 15 is 0 Å². The average molecular weight is 352 g/mol. The highest BCUT2D eigenvalue weighted by molar-refractivity contribution is 9.10. The minimum Gasteiger partial charge on any atom is -0.342 e. The van der Waals surface area contributed by atoms with Gasteiger partial charge in [-0.1, -0.05) is 22.0 Å². The molecule has 1 aliphatic heterocycles. The van der Waals surface area contributed by atoms with Gasteiger partial charge in [-0.25, -0.2) is 9.37 Å². The summed E-state index contributed by atoms with van der Waals surface area (Å²) in [7, 11) is 0.